The molecular weight excluding hydrogens is 180 g/mol. The van der Waals surface area contributed by atoms with Crippen molar-refractivity contribution in [1.82, 2.24) is 10.3 Å². The maximum Gasteiger partial charge on any atom is 0.0928 e. The Balaban J connectivity index is 2.26. The van der Waals surface area contributed by atoms with Gasteiger partial charge in [0.15, 0.2) is 0 Å². The van der Waals surface area contributed by atoms with E-state index < -0.39 is 0 Å². The van der Waals surface area contributed by atoms with Gasteiger partial charge in [-0.3, -0.25) is 0 Å². The van der Waals surface area contributed by atoms with Crippen LogP contribution in [0.25, 0.3) is 0 Å². The predicted octanol–water partition coefficient (Wildman–Crippen LogP) is 2.38. The van der Waals surface area contributed by atoms with Gasteiger partial charge in [-0.25, -0.2) is 4.98 Å². The third-order valence-corrected chi connectivity index (χ3v) is 3.04. The Labute approximate surface area is 84.4 Å². The van der Waals surface area contributed by atoms with Crippen LogP contribution in [0.2, 0.25) is 0 Å². The van der Waals surface area contributed by atoms with Crippen LogP contribution in [0.15, 0.2) is 5.38 Å². The van der Waals surface area contributed by atoms with E-state index in [9.17, 15) is 0 Å². The van der Waals surface area contributed by atoms with Gasteiger partial charge in [0.1, 0.15) is 0 Å². The summed E-state index contributed by atoms with van der Waals surface area (Å²) in [7, 11) is 0. The Morgan fingerprint density at radius 3 is 2.92 bits per heavy atom. The summed E-state index contributed by atoms with van der Waals surface area (Å²) in [6.07, 6.45) is 2.29. The molecule has 2 nitrogen and oxygen atoms in total. The summed E-state index contributed by atoms with van der Waals surface area (Å²) in [4.78, 5) is 4.43. The van der Waals surface area contributed by atoms with Crippen LogP contribution in [-0.2, 0) is 6.42 Å². The first-order chi connectivity index (χ1) is 6.22. The molecule has 1 aromatic rings. The summed E-state index contributed by atoms with van der Waals surface area (Å²) in [6.45, 7) is 7.47. The number of thiazole rings is 1. The number of nitrogens with zero attached hydrogens (tertiary/aromatic N) is 1. The molecule has 13 heavy (non-hydrogen) atoms. The minimum atomic E-state index is 0.606. The highest BCUT2D eigenvalue weighted by molar-refractivity contribution is 7.09. The predicted molar refractivity (Wildman–Crippen MR) is 58.3 cm³/mol. The van der Waals surface area contributed by atoms with E-state index in [-0.39, 0.29) is 0 Å². The lowest BCUT2D eigenvalue weighted by molar-refractivity contribution is 0.530. The van der Waals surface area contributed by atoms with Crippen molar-refractivity contribution < 1.29 is 0 Å². The minimum Gasteiger partial charge on any atom is -0.315 e. The van der Waals surface area contributed by atoms with Gasteiger partial charge in [0, 0.05) is 23.5 Å². The molecule has 1 heterocycles. The largest absolute Gasteiger partial charge is 0.315 e. The molecule has 1 rings (SSSR count). The second-order valence-electron chi connectivity index (χ2n) is 3.38. The molecule has 1 unspecified atom stereocenters. The monoisotopic (exact) mass is 198 g/mol. The molecule has 0 fully saturated rings. The molecule has 0 aromatic carbocycles. The second-order valence-corrected chi connectivity index (χ2v) is 4.32. The number of aromatic nitrogens is 1. The summed E-state index contributed by atoms with van der Waals surface area (Å²) in [6, 6.07) is 0.606. The highest BCUT2D eigenvalue weighted by Crippen LogP contribution is 2.11. The number of aryl methyl sites for hydroxylation is 2. The third kappa shape index (κ3) is 3.87. The van der Waals surface area contributed by atoms with Gasteiger partial charge in [0.2, 0.25) is 0 Å². The molecule has 1 atom stereocenters. The van der Waals surface area contributed by atoms with Crippen molar-refractivity contribution in [3.05, 3.63) is 16.1 Å². The molecule has 1 aromatic heterocycles. The van der Waals surface area contributed by atoms with Crippen molar-refractivity contribution in [2.75, 3.05) is 6.54 Å². The lowest BCUT2D eigenvalue weighted by Crippen LogP contribution is -2.25. The Bertz CT molecular complexity index is 245. The van der Waals surface area contributed by atoms with Crippen molar-refractivity contribution in [3.8, 4) is 0 Å². The van der Waals surface area contributed by atoms with E-state index in [0.29, 0.717) is 6.04 Å². The summed E-state index contributed by atoms with van der Waals surface area (Å²) in [5, 5.41) is 6.78. The van der Waals surface area contributed by atoms with E-state index in [4.69, 9.17) is 0 Å². The molecule has 0 aliphatic rings. The van der Waals surface area contributed by atoms with Gasteiger partial charge in [0.25, 0.3) is 0 Å². The first kappa shape index (κ1) is 10.7. The average molecular weight is 198 g/mol. The molecule has 0 aliphatic heterocycles. The molecule has 0 amide bonds. The third-order valence-electron chi connectivity index (χ3n) is 2.01. The normalized spacial score (nSPS) is 13.2. The smallest absolute Gasteiger partial charge is 0.0928 e. The van der Waals surface area contributed by atoms with Crippen LogP contribution in [0.1, 0.15) is 31.0 Å². The van der Waals surface area contributed by atoms with Gasteiger partial charge in [-0.15, -0.1) is 11.3 Å². The van der Waals surface area contributed by atoms with Gasteiger partial charge in [-0.05, 0) is 26.8 Å². The fourth-order valence-corrected chi connectivity index (χ4v) is 2.10. The first-order valence-corrected chi connectivity index (χ1v) is 5.74. The lowest BCUT2D eigenvalue weighted by atomic mass is 10.2. The van der Waals surface area contributed by atoms with E-state index in [0.717, 1.165) is 18.7 Å². The maximum absolute atomic E-state index is 4.43. The topological polar surface area (TPSA) is 24.9 Å². The summed E-state index contributed by atoms with van der Waals surface area (Å²) < 4.78 is 0. The average Bonchev–Trinajstić information content (AvgIpc) is 2.49. The Kier molecular flexibility index (Phi) is 4.39. The van der Waals surface area contributed by atoms with Crippen LogP contribution in [0.4, 0.5) is 0 Å². The number of rotatable bonds is 5. The van der Waals surface area contributed by atoms with Crippen molar-refractivity contribution in [3.63, 3.8) is 0 Å². The van der Waals surface area contributed by atoms with Gasteiger partial charge in [-0.2, -0.15) is 0 Å². The molecule has 0 bridgehead atoms. The fraction of sp³-hybridized carbons (Fsp3) is 0.700. The number of nitrogens with one attached hydrogen (secondary N) is 1. The molecule has 0 radical (unpaired) electrons. The van der Waals surface area contributed by atoms with Gasteiger partial charge in [-0.1, -0.05) is 6.92 Å². The SMILES string of the molecule is CCNC(C)CCc1nc(C)cs1. The zero-order chi connectivity index (χ0) is 9.68. The fourth-order valence-electron chi connectivity index (χ4n) is 1.31. The molecule has 0 spiro atoms. The number of hydrogen-bond acceptors (Lipinski definition) is 3. The molecule has 0 saturated heterocycles. The number of hydrogen-bond donors (Lipinski definition) is 1. The zero-order valence-corrected chi connectivity index (χ0v) is 9.45. The van der Waals surface area contributed by atoms with E-state index in [1.807, 2.05) is 6.92 Å². The highest BCUT2D eigenvalue weighted by Gasteiger charge is 2.02. The van der Waals surface area contributed by atoms with Crippen molar-refractivity contribution in [2.45, 2.75) is 39.7 Å². The zero-order valence-electron chi connectivity index (χ0n) is 8.63. The van der Waals surface area contributed by atoms with Gasteiger partial charge >= 0.3 is 0 Å². The standard InChI is InChI=1S/C10H18N2S/c1-4-11-8(2)5-6-10-12-9(3)7-13-10/h7-8,11H,4-6H2,1-3H3. The Hall–Kier alpha value is -0.410. The molecule has 0 aliphatic carbocycles. The van der Waals surface area contributed by atoms with E-state index in [1.165, 1.54) is 11.4 Å². The summed E-state index contributed by atoms with van der Waals surface area (Å²) >= 11 is 1.77. The first-order valence-electron chi connectivity index (χ1n) is 4.86. The highest BCUT2D eigenvalue weighted by atomic mass is 32.1. The van der Waals surface area contributed by atoms with Crippen LogP contribution < -0.4 is 5.32 Å². The molecule has 74 valence electrons. The summed E-state index contributed by atoms with van der Waals surface area (Å²) in [5.74, 6) is 0. The summed E-state index contributed by atoms with van der Waals surface area (Å²) in [5.41, 5.74) is 1.15. The minimum absolute atomic E-state index is 0.606. The van der Waals surface area contributed by atoms with Crippen molar-refractivity contribution in [2.24, 2.45) is 0 Å². The second kappa shape index (κ2) is 5.35. The van der Waals surface area contributed by atoms with Crippen LogP contribution >= 0.6 is 11.3 Å². The van der Waals surface area contributed by atoms with E-state index in [2.05, 4.69) is 29.5 Å². The molecule has 0 saturated carbocycles. The van der Waals surface area contributed by atoms with Gasteiger partial charge < -0.3 is 5.32 Å². The van der Waals surface area contributed by atoms with Crippen LogP contribution in [0, 0.1) is 6.92 Å². The van der Waals surface area contributed by atoms with Crippen molar-refractivity contribution >= 4 is 11.3 Å². The van der Waals surface area contributed by atoms with Gasteiger partial charge in [0.05, 0.1) is 5.01 Å². The molecule has 3 heteroatoms. The van der Waals surface area contributed by atoms with E-state index >= 15 is 0 Å². The molecular formula is C10H18N2S. The Morgan fingerprint density at radius 2 is 2.38 bits per heavy atom. The van der Waals surface area contributed by atoms with Crippen LogP contribution in [0.3, 0.4) is 0 Å². The molecule has 1 N–H and O–H groups in total. The quantitative estimate of drug-likeness (QED) is 0.785. The maximum atomic E-state index is 4.43. The Morgan fingerprint density at radius 1 is 1.62 bits per heavy atom. The van der Waals surface area contributed by atoms with Crippen molar-refractivity contribution in [1.29, 1.82) is 0 Å². The lowest BCUT2D eigenvalue weighted by Gasteiger charge is -2.10. The van der Waals surface area contributed by atoms with Crippen LogP contribution in [-0.4, -0.2) is 17.6 Å². The van der Waals surface area contributed by atoms with E-state index in [1.54, 1.807) is 11.3 Å². The van der Waals surface area contributed by atoms with Crippen LogP contribution in [0.5, 0.6) is 0 Å².